The summed E-state index contributed by atoms with van der Waals surface area (Å²) in [5, 5.41) is 5.05. The molecule has 0 bridgehead atoms. The Labute approximate surface area is 314 Å². The predicted octanol–water partition coefficient (Wildman–Crippen LogP) is 14.4. The monoisotopic (exact) mass is 686 g/mol. The molecule has 1 aliphatic carbocycles. The minimum atomic E-state index is 1.09. The molecule has 252 valence electrons. The summed E-state index contributed by atoms with van der Waals surface area (Å²) in [6.45, 7) is 0. The Morgan fingerprint density at radius 1 is 0.352 bits per heavy atom. The topological polar surface area (TPSA) is 8.17 Å². The van der Waals surface area contributed by atoms with Crippen molar-refractivity contribution in [3.05, 3.63) is 206 Å². The van der Waals surface area contributed by atoms with Crippen molar-refractivity contribution >= 4 is 49.6 Å². The lowest BCUT2D eigenvalue weighted by atomic mass is 9.91. The van der Waals surface area contributed by atoms with E-state index in [1.807, 2.05) is 0 Å². The van der Waals surface area contributed by atoms with Gasteiger partial charge in [-0.2, -0.15) is 0 Å². The third-order valence-electron chi connectivity index (χ3n) is 11.1. The standard InChI is InChI=1S/C52H34N2/c1-4-16-35(17-5-1)37-32-40(53(38-20-6-2-7-21-38)39-22-8-3-9-23-39)34-41(33-37)54-49-29-13-12-25-43(49)48-31-30-47-46-28-15-19-36-18-14-27-44(50(36)46)42-24-10-11-26-45(42)51(47)52(48)54/h1-34H. The number of benzene rings is 9. The summed E-state index contributed by atoms with van der Waals surface area (Å²) >= 11 is 0. The highest BCUT2D eigenvalue weighted by atomic mass is 15.1. The van der Waals surface area contributed by atoms with Crippen LogP contribution in [0.2, 0.25) is 0 Å². The zero-order valence-electron chi connectivity index (χ0n) is 29.5. The number of anilines is 3. The highest BCUT2D eigenvalue weighted by Crippen LogP contribution is 2.52. The molecule has 0 amide bonds. The average molecular weight is 687 g/mol. The first-order valence-electron chi connectivity index (χ1n) is 18.6. The molecule has 10 aromatic rings. The largest absolute Gasteiger partial charge is 0.310 e. The summed E-state index contributed by atoms with van der Waals surface area (Å²) < 4.78 is 2.53. The van der Waals surface area contributed by atoms with Crippen LogP contribution in [0.1, 0.15) is 0 Å². The van der Waals surface area contributed by atoms with Gasteiger partial charge in [-0.25, -0.2) is 0 Å². The highest BCUT2D eigenvalue weighted by molar-refractivity contribution is 6.22. The van der Waals surface area contributed by atoms with Crippen LogP contribution in [0.15, 0.2) is 206 Å². The first-order valence-corrected chi connectivity index (χ1v) is 18.6. The van der Waals surface area contributed by atoms with Crippen molar-refractivity contribution in [1.82, 2.24) is 4.57 Å². The number of nitrogens with zero attached hydrogens (tertiary/aromatic N) is 2. The van der Waals surface area contributed by atoms with E-state index in [0.717, 1.165) is 28.3 Å². The fourth-order valence-electron chi connectivity index (χ4n) is 8.80. The normalized spacial score (nSPS) is 11.7. The Morgan fingerprint density at radius 2 is 0.944 bits per heavy atom. The van der Waals surface area contributed by atoms with Crippen molar-refractivity contribution in [1.29, 1.82) is 0 Å². The van der Waals surface area contributed by atoms with Crippen LogP contribution in [0.4, 0.5) is 17.1 Å². The average Bonchev–Trinajstić information content (AvgIpc) is 3.52. The van der Waals surface area contributed by atoms with Gasteiger partial charge in [0.05, 0.1) is 11.0 Å². The third kappa shape index (κ3) is 4.67. The van der Waals surface area contributed by atoms with Crippen LogP contribution < -0.4 is 4.90 Å². The van der Waals surface area contributed by atoms with E-state index >= 15 is 0 Å². The van der Waals surface area contributed by atoms with Crippen LogP contribution in [0.25, 0.3) is 82.8 Å². The zero-order valence-corrected chi connectivity index (χ0v) is 29.5. The molecule has 2 nitrogen and oxygen atoms in total. The number of fused-ring (bicyclic) bond motifs is 9. The molecule has 11 rings (SSSR count). The maximum Gasteiger partial charge on any atom is 0.0625 e. The first-order chi connectivity index (χ1) is 26.8. The van der Waals surface area contributed by atoms with Gasteiger partial charge < -0.3 is 9.47 Å². The lowest BCUT2D eigenvalue weighted by Gasteiger charge is -2.27. The first kappa shape index (κ1) is 30.5. The maximum atomic E-state index is 2.53. The molecule has 0 saturated heterocycles. The lowest BCUT2D eigenvalue weighted by Crippen LogP contribution is -2.10. The van der Waals surface area contributed by atoms with Crippen LogP contribution in [0.5, 0.6) is 0 Å². The summed E-state index contributed by atoms with van der Waals surface area (Å²) in [5.41, 5.74) is 16.7. The number of hydrogen-bond donors (Lipinski definition) is 0. The van der Waals surface area contributed by atoms with E-state index in [-0.39, 0.29) is 0 Å². The van der Waals surface area contributed by atoms with Crippen molar-refractivity contribution < 1.29 is 0 Å². The van der Waals surface area contributed by atoms with Crippen LogP contribution in [-0.4, -0.2) is 4.57 Å². The van der Waals surface area contributed by atoms with Gasteiger partial charge in [0.2, 0.25) is 0 Å². The molecule has 1 aliphatic rings. The summed E-state index contributed by atoms with van der Waals surface area (Å²) in [6, 6.07) is 75.3. The molecule has 0 saturated carbocycles. The van der Waals surface area contributed by atoms with Crippen molar-refractivity contribution in [3.63, 3.8) is 0 Å². The van der Waals surface area contributed by atoms with Crippen molar-refractivity contribution in [2.24, 2.45) is 0 Å². The molecule has 9 aromatic carbocycles. The number of aromatic nitrogens is 1. The molecule has 0 N–H and O–H groups in total. The minimum absolute atomic E-state index is 1.09. The summed E-state index contributed by atoms with van der Waals surface area (Å²) in [7, 11) is 0. The second-order valence-electron chi connectivity index (χ2n) is 14.1. The fraction of sp³-hybridized carbons (Fsp3) is 0. The Bertz CT molecular complexity index is 2990. The highest BCUT2D eigenvalue weighted by Gasteiger charge is 2.27. The SMILES string of the molecule is c1ccc(-c2cc(N(c3ccccc3)c3ccccc3)cc(-n3c4ccccc4c4ccc5c(c43)-c3ccccc3-c3cccc4cccc-5c34)c2)cc1. The van der Waals surface area contributed by atoms with Gasteiger partial charge in [-0.15, -0.1) is 0 Å². The summed E-state index contributed by atoms with van der Waals surface area (Å²) in [4.78, 5) is 2.37. The quantitative estimate of drug-likeness (QED) is 0.175. The zero-order chi connectivity index (χ0) is 35.6. The molecule has 2 heteroatoms. The van der Waals surface area contributed by atoms with E-state index in [1.54, 1.807) is 0 Å². The van der Waals surface area contributed by atoms with E-state index in [1.165, 1.54) is 71.5 Å². The number of para-hydroxylation sites is 3. The Morgan fingerprint density at radius 3 is 1.67 bits per heavy atom. The van der Waals surface area contributed by atoms with Crippen LogP contribution in [0.3, 0.4) is 0 Å². The van der Waals surface area contributed by atoms with Crippen molar-refractivity contribution in [2.45, 2.75) is 0 Å². The van der Waals surface area contributed by atoms with Crippen LogP contribution in [0, 0.1) is 0 Å². The van der Waals surface area contributed by atoms with Crippen LogP contribution >= 0.6 is 0 Å². The third-order valence-corrected chi connectivity index (χ3v) is 11.1. The molecule has 0 aliphatic heterocycles. The molecule has 1 aromatic heterocycles. The Kier molecular flexibility index (Phi) is 6.90. The van der Waals surface area contributed by atoms with Gasteiger partial charge in [0.15, 0.2) is 0 Å². The van der Waals surface area contributed by atoms with Gasteiger partial charge in [0, 0.05) is 39.1 Å². The summed E-state index contributed by atoms with van der Waals surface area (Å²) in [5.74, 6) is 0. The van der Waals surface area contributed by atoms with Gasteiger partial charge >= 0.3 is 0 Å². The summed E-state index contributed by atoms with van der Waals surface area (Å²) in [6.07, 6.45) is 0. The molecule has 0 fully saturated rings. The molecule has 0 spiro atoms. The van der Waals surface area contributed by atoms with Gasteiger partial charge in [-0.05, 0) is 98.2 Å². The predicted molar refractivity (Wildman–Crippen MR) is 228 cm³/mol. The van der Waals surface area contributed by atoms with Gasteiger partial charge in [0.1, 0.15) is 0 Å². The molecule has 54 heavy (non-hydrogen) atoms. The van der Waals surface area contributed by atoms with Gasteiger partial charge in [-0.1, -0.05) is 158 Å². The molecular formula is C52H34N2. The van der Waals surface area contributed by atoms with Crippen molar-refractivity contribution in [2.75, 3.05) is 4.90 Å². The second kappa shape index (κ2) is 12.2. The Hall–Kier alpha value is -7.16. The number of hydrogen-bond acceptors (Lipinski definition) is 1. The Balaban J connectivity index is 1.29. The molecule has 0 radical (unpaired) electrons. The lowest BCUT2D eigenvalue weighted by molar-refractivity contribution is 1.17. The second-order valence-corrected chi connectivity index (χ2v) is 14.1. The van der Waals surface area contributed by atoms with E-state index in [9.17, 15) is 0 Å². The minimum Gasteiger partial charge on any atom is -0.310 e. The molecule has 0 unspecified atom stereocenters. The smallest absolute Gasteiger partial charge is 0.0625 e. The molecular weight excluding hydrogens is 653 g/mol. The van der Waals surface area contributed by atoms with E-state index < -0.39 is 0 Å². The fourth-order valence-corrected chi connectivity index (χ4v) is 8.80. The molecule has 0 atom stereocenters. The number of rotatable bonds is 5. The van der Waals surface area contributed by atoms with Crippen molar-refractivity contribution in [3.8, 4) is 50.2 Å². The van der Waals surface area contributed by atoms with Gasteiger partial charge in [0.25, 0.3) is 0 Å². The van der Waals surface area contributed by atoms with E-state index in [0.29, 0.717) is 0 Å². The molecule has 1 heterocycles. The van der Waals surface area contributed by atoms with Gasteiger partial charge in [-0.3, -0.25) is 0 Å². The van der Waals surface area contributed by atoms with E-state index in [2.05, 4.69) is 216 Å². The van der Waals surface area contributed by atoms with Crippen LogP contribution in [-0.2, 0) is 0 Å². The van der Waals surface area contributed by atoms with E-state index in [4.69, 9.17) is 0 Å². The maximum absolute atomic E-state index is 2.53.